The SMILES string of the molecule is Nc1nc(OCCO)nc2c1NC(=O)CN2Cc1cccc(CN2CCCC2)c1. The second-order valence-corrected chi connectivity index (χ2v) is 7.37. The highest BCUT2D eigenvalue weighted by molar-refractivity contribution is 6.03. The number of aromatic nitrogens is 2. The zero-order valence-electron chi connectivity index (χ0n) is 16.3. The summed E-state index contributed by atoms with van der Waals surface area (Å²) in [7, 11) is 0. The van der Waals surface area contributed by atoms with Gasteiger partial charge < -0.3 is 25.8 Å². The van der Waals surface area contributed by atoms with Crippen molar-refractivity contribution in [2.75, 3.05) is 48.8 Å². The molecule has 9 heteroatoms. The average molecular weight is 398 g/mol. The first-order valence-corrected chi connectivity index (χ1v) is 9.88. The summed E-state index contributed by atoms with van der Waals surface area (Å²) >= 11 is 0. The van der Waals surface area contributed by atoms with Crippen molar-refractivity contribution in [3.05, 3.63) is 35.4 Å². The minimum Gasteiger partial charge on any atom is -0.461 e. The van der Waals surface area contributed by atoms with E-state index in [1.807, 2.05) is 11.0 Å². The van der Waals surface area contributed by atoms with Gasteiger partial charge in [-0.25, -0.2) is 0 Å². The van der Waals surface area contributed by atoms with E-state index in [2.05, 4.69) is 38.4 Å². The largest absolute Gasteiger partial charge is 0.461 e. The van der Waals surface area contributed by atoms with E-state index < -0.39 is 0 Å². The van der Waals surface area contributed by atoms with Gasteiger partial charge in [0, 0.05) is 13.1 Å². The highest BCUT2D eigenvalue weighted by Gasteiger charge is 2.27. The first-order valence-electron chi connectivity index (χ1n) is 9.88. The Hall–Kier alpha value is -2.91. The van der Waals surface area contributed by atoms with E-state index in [1.165, 1.54) is 18.4 Å². The second-order valence-electron chi connectivity index (χ2n) is 7.37. The number of carbonyl (C=O) groups excluding carboxylic acids is 1. The molecule has 0 spiro atoms. The minimum atomic E-state index is -0.162. The molecule has 0 radical (unpaired) electrons. The number of aliphatic hydroxyl groups excluding tert-OH is 1. The summed E-state index contributed by atoms with van der Waals surface area (Å²) in [4.78, 5) is 25.0. The summed E-state index contributed by atoms with van der Waals surface area (Å²) in [6.45, 7) is 3.85. The van der Waals surface area contributed by atoms with Crippen LogP contribution in [-0.2, 0) is 17.9 Å². The van der Waals surface area contributed by atoms with Crippen LogP contribution in [0.15, 0.2) is 24.3 Å². The van der Waals surface area contributed by atoms with Gasteiger partial charge in [0.15, 0.2) is 11.6 Å². The Morgan fingerprint density at radius 1 is 1.17 bits per heavy atom. The number of anilines is 3. The standard InChI is InChI=1S/C20H26N6O3/c21-18-17-19(24-20(23-18)29-9-8-27)26(13-16(28)22-17)12-15-5-3-4-14(10-15)11-25-6-1-2-7-25/h3-5,10,27H,1-2,6-9,11-13H2,(H,22,28)(H2,21,23,24). The Bertz CT molecular complexity index is 885. The summed E-state index contributed by atoms with van der Waals surface area (Å²) in [6.07, 6.45) is 2.53. The fraction of sp³-hybridized carbons (Fsp3) is 0.450. The van der Waals surface area contributed by atoms with Gasteiger partial charge in [0.1, 0.15) is 12.3 Å². The van der Waals surface area contributed by atoms with Crippen molar-refractivity contribution >= 4 is 23.2 Å². The summed E-state index contributed by atoms with van der Waals surface area (Å²) in [5, 5.41) is 11.7. The maximum Gasteiger partial charge on any atom is 0.320 e. The monoisotopic (exact) mass is 398 g/mol. The smallest absolute Gasteiger partial charge is 0.320 e. The molecule has 154 valence electrons. The van der Waals surface area contributed by atoms with Crippen LogP contribution in [0.2, 0.25) is 0 Å². The lowest BCUT2D eigenvalue weighted by Crippen LogP contribution is -2.39. The molecule has 1 aromatic carbocycles. The molecular weight excluding hydrogens is 372 g/mol. The quantitative estimate of drug-likeness (QED) is 0.632. The minimum absolute atomic E-state index is 0.0726. The van der Waals surface area contributed by atoms with Gasteiger partial charge in [0.25, 0.3) is 0 Å². The van der Waals surface area contributed by atoms with Crippen molar-refractivity contribution in [1.29, 1.82) is 0 Å². The van der Waals surface area contributed by atoms with Crippen molar-refractivity contribution in [2.24, 2.45) is 0 Å². The summed E-state index contributed by atoms with van der Waals surface area (Å²) < 4.78 is 5.32. The number of ether oxygens (including phenoxy) is 1. The number of hydrogen-bond acceptors (Lipinski definition) is 8. The van der Waals surface area contributed by atoms with Gasteiger partial charge >= 0.3 is 6.01 Å². The Morgan fingerprint density at radius 2 is 1.93 bits per heavy atom. The molecule has 0 atom stereocenters. The van der Waals surface area contributed by atoms with Gasteiger partial charge in [-0.15, -0.1) is 0 Å². The summed E-state index contributed by atoms with van der Waals surface area (Å²) in [5.41, 5.74) is 8.76. The number of hydrogen-bond donors (Lipinski definition) is 3. The van der Waals surface area contributed by atoms with Crippen LogP contribution < -0.4 is 20.7 Å². The molecule has 29 heavy (non-hydrogen) atoms. The number of likely N-dealkylation sites (tertiary alicyclic amines) is 1. The number of nitrogens with two attached hydrogens (primary N) is 1. The molecule has 0 unspecified atom stereocenters. The Morgan fingerprint density at radius 3 is 2.69 bits per heavy atom. The zero-order valence-corrected chi connectivity index (χ0v) is 16.3. The molecule has 1 fully saturated rings. The van der Waals surface area contributed by atoms with Crippen molar-refractivity contribution in [3.8, 4) is 6.01 Å². The van der Waals surface area contributed by atoms with Crippen LogP contribution in [0.3, 0.4) is 0 Å². The van der Waals surface area contributed by atoms with Crippen molar-refractivity contribution in [2.45, 2.75) is 25.9 Å². The Labute approximate surface area is 169 Å². The molecule has 2 aromatic rings. The lowest BCUT2D eigenvalue weighted by atomic mass is 10.1. The molecule has 0 saturated carbocycles. The summed E-state index contributed by atoms with van der Waals surface area (Å²) in [6, 6.07) is 8.50. The molecule has 1 aromatic heterocycles. The van der Waals surface area contributed by atoms with E-state index in [9.17, 15) is 4.79 Å². The fourth-order valence-corrected chi connectivity index (χ4v) is 3.80. The first kappa shape index (κ1) is 19.4. The van der Waals surface area contributed by atoms with Crippen LogP contribution in [0, 0.1) is 0 Å². The van der Waals surface area contributed by atoms with Crippen molar-refractivity contribution in [1.82, 2.24) is 14.9 Å². The second kappa shape index (κ2) is 8.62. The van der Waals surface area contributed by atoms with E-state index in [-0.39, 0.29) is 37.5 Å². The third-order valence-corrected chi connectivity index (χ3v) is 5.09. The molecule has 0 bridgehead atoms. The van der Waals surface area contributed by atoms with Crippen LogP contribution in [0.25, 0.3) is 0 Å². The first-order chi connectivity index (χ1) is 14.1. The lowest BCUT2D eigenvalue weighted by molar-refractivity contribution is -0.115. The number of aliphatic hydroxyl groups is 1. The Kier molecular flexibility index (Phi) is 5.77. The van der Waals surface area contributed by atoms with Crippen molar-refractivity contribution in [3.63, 3.8) is 0 Å². The number of benzene rings is 1. The van der Waals surface area contributed by atoms with Gasteiger partial charge in [-0.2, -0.15) is 9.97 Å². The van der Waals surface area contributed by atoms with Gasteiger partial charge in [0.2, 0.25) is 5.91 Å². The molecule has 1 amide bonds. The van der Waals surface area contributed by atoms with Gasteiger partial charge in [-0.05, 0) is 37.1 Å². The molecule has 1 saturated heterocycles. The molecule has 2 aliphatic heterocycles. The van der Waals surface area contributed by atoms with E-state index in [1.54, 1.807) is 0 Å². The number of carbonyl (C=O) groups is 1. The molecule has 3 heterocycles. The van der Waals surface area contributed by atoms with E-state index in [0.717, 1.165) is 25.2 Å². The molecule has 4 N–H and O–H groups in total. The topological polar surface area (TPSA) is 117 Å². The van der Waals surface area contributed by atoms with Crippen LogP contribution in [0.1, 0.15) is 24.0 Å². The third kappa shape index (κ3) is 4.57. The number of fused-ring (bicyclic) bond motifs is 1. The van der Waals surface area contributed by atoms with Crippen LogP contribution in [0.5, 0.6) is 6.01 Å². The van der Waals surface area contributed by atoms with Gasteiger partial charge in [-0.1, -0.05) is 24.3 Å². The van der Waals surface area contributed by atoms with Crippen LogP contribution >= 0.6 is 0 Å². The highest BCUT2D eigenvalue weighted by Crippen LogP contribution is 2.34. The average Bonchev–Trinajstić information content (AvgIpc) is 3.20. The molecule has 4 rings (SSSR count). The van der Waals surface area contributed by atoms with Crippen molar-refractivity contribution < 1.29 is 14.6 Å². The predicted molar refractivity (Wildman–Crippen MR) is 110 cm³/mol. The number of nitrogen functional groups attached to an aromatic ring is 1. The molecule has 0 aliphatic carbocycles. The maximum absolute atomic E-state index is 12.2. The molecular formula is C20H26N6O3. The zero-order chi connectivity index (χ0) is 20.2. The maximum atomic E-state index is 12.2. The van der Waals surface area contributed by atoms with Gasteiger partial charge in [0.05, 0.1) is 13.2 Å². The van der Waals surface area contributed by atoms with E-state index in [0.29, 0.717) is 18.1 Å². The lowest BCUT2D eigenvalue weighted by Gasteiger charge is -2.30. The molecule has 9 nitrogen and oxygen atoms in total. The van der Waals surface area contributed by atoms with Gasteiger partial charge in [-0.3, -0.25) is 9.69 Å². The summed E-state index contributed by atoms with van der Waals surface area (Å²) in [5.74, 6) is 0.504. The van der Waals surface area contributed by atoms with Crippen LogP contribution in [0.4, 0.5) is 17.3 Å². The Balaban J connectivity index is 1.56. The highest BCUT2D eigenvalue weighted by atomic mass is 16.5. The normalized spacial score (nSPS) is 16.6. The van der Waals surface area contributed by atoms with Crippen LogP contribution in [-0.4, -0.2) is 58.7 Å². The molecule has 2 aliphatic rings. The number of amides is 1. The third-order valence-electron chi connectivity index (χ3n) is 5.09. The van der Waals surface area contributed by atoms with E-state index >= 15 is 0 Å². The number of nitrogens with zero attached hydrogens (tertiary/aromatic N) is 4. The number of rotatable bonds is 7. The van der Waals surface area contributed by atoms with E-state index in [4.69, 9.17) is 15.6 Å². The fourth-order valence-electron chi connectivity index (χ4n) is 3.80. The number of nitrogens with one attached hydrogen (secondary N) is 1. The predicted octanol–water partition coefficient (Wildman–Crippen LogP) is 0.984.